The second-order valence-corrected chi connectivity index (χ2v) is 9.04. The fourth-order valence-electron chi connectivity index (χ4n) is 4.42. The average Bonchev–Trinajstić information content (AvgIpc) is 2.94. The van der Waals surface area contributed by atoms with Crippen LogP contribution in [0.3, 0.4) is 0 Å². The van der Waals surface area contributed by atoms with Crippen molar-refractivity contribution in [3.8, 4) is 0 Å². The van der Waals surface area contributed by atoms with E-state index in [0.29, 0.717) is 27.9 Å². The van der Waals surface area contributed by atoms with E-state index in [1.54, 1.807) is 18.2 Å². The Balaban J connectivity index is 1.89. The molecule has 6 heteroatoms. The lowest BCUT2D eigenvalue weighted by Crippen LogP contribution is -2.39. The lowest BCUT2D eigenvalue weighted by Gasteiger charge is -2.33. The molecule has 2 aliphatic rings. The number of hydrogen-bond donors (Lipinski definition) is 0. The summed E-state index contributed by atoms with van der Waals surface area (Å²) in [5, 5.41) is 0.511. The third kappa shape index (κ3) is 3.52. The molecule has 2 heterocycles. The minimum absolute atomic E-state index is 0.203. The number of nitrogens with zero attached hydrogens (tertiary/aromatic N) is 2. The van der Waals surface area contributed by atoms with Crippen molar-refractivity contribution in [1.29, 1.82) is 0 Å². The highest BCUT2D eigenvalue weighted by molar-refractivity contribution is 6.49. The van der Waals surface area contributed by atoms with Gasteiger partial charge in [0.25, 0.3) is 11.8 Å². The van der Waals surface area contributed by atoms with E-state index in [1.807, 2.05) is 32.0 Å². The summed E-state index contributed by atoms with van der Waals surface area (Å²) < 4.78 is 0. The Labute approximate surface area is 187 Å². The highest BCUT2D eigenvalue weighted by Crippen LogP contribution is 2.41. The molecule has 0 spiro atoms. The molecule has 2 aliphatic heterocycles. The second kappa shape index (κ2) is 8.09. The zero-order chi connectivity index (χ0) is 21.6. The number of aryl methyl sites for hydroxylation is 2. The van der Waals surface area contributed by atoms with E-state index in [2.05, 4.69) is 11.8 Å². The van der Waals surface area contributed by atoms with Crippen LogP contribution in [0.15, 0.2) is 42.1 Å². The maximum atomic E-state index is 13.7. The second-order valence-electron chi connectivity index (χ2n) is 8.25. The number of piperidine rings is 1. The van der Waals surface area contributed by atoms with E-state index in [0.717, 1.165) is 42.6 Å². The largest absolute Gasteiger partial charge is 0.366 e. The first-order valence-corrected chi connectivity index (χ1v) is 10.9. The zero-order valence-electron chi connectivity index (χ0n) is 17.3. The molecule has 0 N–H and O–H groups in total. The van der Waals surface area contributed by atoms with E-state index in [4.69, 9.17) is 23.2 Å². The highest BCUT2D eigenvalue weighted by Gasteiger charge is 2.44. The summed E-state index contributed by atoms with van der Waals surface area (Å²) >= 11 is 12.6. The van der Waals surface area contributed by atoms with Crippen LogP contribution >= 0.6 is 23.2 Å². The van der Waals surface area contributed by atoms with Crippen LogP contribution in [0, 0.1) is 19.8 Å². The molecule has 156 valence electrons. The minimum Gasteiger partial charge on any atom is -0.366 e. The van der Waals surface area contributed by atoms with Crippen LogP contribution in [0.1, 0.15) is 36.5 Å². The molecule has 30 heavy (non-hydrogen) atoms. The van der Waals surface area contributed by atoms with Crippen molar-refractivity contribution in [2.45, 2.75) is 33.6 Å². The van der Waals surface area contributed by atoms with Gasteiger partial charge in [-0.05, 0) is 55.9 Å². The quantitative estimate of drug-likeness (QED) is 0.578. The number of imide groups is 1. The van der Waals surface area contributed by atoms with Gasteiger partial charge in [0.15, 0.2) is 0 Å². The first kappa shape index (κ1) is 21.0. The van der Waals surface area contributed by atoms with Crippen LogP contribution in [0.2, 0.25) is 10.0 Å². The number of likely N-dealkylation sites (tertiary alicyclic amines) is 1. The smallest absolute Gasteiger partial charge is 0.282 e. The third-order valence-corrected chi connectivity index (χ3v) is 6.66. The molecule has 1 fully saturated rings. The van der Waals surface area contributed by atoms with Crippen molar-refractivity contribution in [1.82, 2.24) is 4.90 Å². The lowest BCUT2D eigenvalue weighted by molar-refractivity contribution is -0.120. The summed E-state index contributed by atoms with van der Waals surface area (Å²) in [7, 11) is 0. The molecule has 1 unspecified atom stereocenters. The standard InChI is InChI=1S/C24H24Cl2N2O2/c1-14-9-10-17(16(3)12-14)20-22(27-11-5-6-15(2)13-27)24(30)28(23(20)29)19-8-4-7-18(25)21(19)26/h4,7-10,12,15H,5-6,11,13H2,1-3H3. The molecule has 2 aromatic rings. The highest BCUT2D eigenvalue weighted by atomic mass is 35.5. The van der Waals surface area contributed by atoms with E-state index in [9.17, 15) is 9.59 Å². The van der Waals surface area contributed by atoms with Crippen molar-refractivity contribution in [3.63, 3.8) is 0 Å². The predicted molar refractivity (Wildman–Crippen MR) is 122 cm³/mol. The molecule has 1 saturated heterocycles. The Kier molecular flexibility index (Phi) is 5.65. The van der Waals surface area contributed by atoms with Gasteiger partial charge in [0.2, 0.25) is 0 Å². The Morgan fingerprint density at radius 1 is 1.03 bits per heavy atom. The average molecular weight is 443 g/mol. The van der Waals surface area contributed by atoms with Gasteiger partial charge >= 0.3 is 0 Å². The van der Waals surface area contributed by atoms with Crippen LogP contribution < -0.4 is 4.90 Å². The molecule has 0 saturated carbocycles. The van der Waals surface area contributed by atoms with Crippen molar-refractivity contribution in [2.24, 2.45) is 5.92 Å². The summed E-state index contributed by atoms with van der Waals surface area (Å²) in [5.74, 6) is -0.240. The number of halogens is 2. The molecule has 1 atom stereocenters. The molecular formula is C24H24Cl2N2O2. The van der Waals surface area contributed by atoms with Crippen LogP contribution in [0.25, 0.3) is 5.57 Å². The van der Waals surface area contributed by atoms with Crippen LogP contribution in [0.5, 0.6) is 0 Å². The van der Waals surface area contributed by atoms with Gasteiger partial charge in [-0.1, -0.05) is 60.0 Å². The Morgan fingerprint density at radius 3 is 2.50 bits per heavy atom. The van der Waals surface area contributed by atoms with E-state index in [1.165, 1.54) is 4.90 Å². The molecule has 4 rings (SSSR count). The van der Waals surface area contributed by atoms with Gasteiger partial charge in [0, 0.05) is 13.1 Å². The van der Waals surface area contributed by atoms with Gasteiger partial charge < -0.3 is 4.90 Å². The zero-order valence-corrected chi connectivity index (χ0v) is 18.8. The molecule has 2 amide bonds. The molecule has 0 aromatic heterocycles. The van der Waals surface area contributed by atoms with E-state index < -0.39 is 0 Å². The number of anilines is 1. The van der Waals surface area contributed by atoms with Gasteiger partial charge in [0.05, 0.1) is 21.3 Å². The summed E-state index contributed by atoms with van der Waals surface area (Å²) in [6, 6.07) is 10.9. The third-order valence-electron chi connectivity index (χ3n) is 5.86. The molecule has 4 nitrogen and oxygen atoms in total. The monoisotopic (exact) mass is 442 g/mol. The number of carbonyl (C=O) groups excluding carboxylic acids is 2. The van der Waals surface area contributed by atoms with Gasteiger partial charge in [-0.2, -0.15) is 0 Å². The number of amides is 2. The number of rotatable bonds is 3. The summed E-state index contributed by atoms with van der Waals surface area (Å²) in [5.41, 5.74) is 4.09. The Bertz CT molecular complexity index is 1080. The van der Waals surface area contributed by atoms with Crippen LogP contribution in [-0.4, -0.2) is 29.8 Å². The maximum absolute atomic E-state index is 13.7. The summed E-state index contributed by atoms with van der Waals surface area (Å²) in [6.07, 6.45) is 2.11. The lowest BCUT2D eigenvalue weighted by atomic mass is 9.95. The first-order valence-electron chi connectivity index (χ1n) is 10.2. The molecule has 2 aromatic carbocycles. The minimum atomic E-state index is -0.357. The summed E-state index contributed by atoms with van der Waals surface area (Å²) in [6.45, 7) is 7.66. The number of benzene rings is 2. The summed E-state index contributed by atoms with van der Waals surface area (Å²) in [4.78, 5) is 30.6. The number of hydrogen-bond acceptors (Lipinski definition) is 3. The predicted octanol–water partition coefficient (Wildman–Crippen LogP) is 5.63. The Morgan fingerprint density at radius 2 is 1.80 bits per heavy atom. The first-order chi connectivity index (χ1) is 14.3. The molecule has 0 bridgehead atoms. The van der Waals surface area contributed by atoms with E-state index >= 15 is 0 Å². The van der Waals surface area contributed by atoms with Crippen molar-refractivity contribution in [3.05, 3.63) is 68.8 Å². The van der Waals surface area contributed by atoms with Gasteiger partial charge in [0.1, 0.15) is 5.70 Å². The maximum Gasteiger partial charge on any atom is 0.282 e. The fourth-order valence-corrected chi connectivity index (χ4v) is 4.80. The van der Waals surface area contributed by atoms with Crippen molar-refractivity contribution in [2.75, 3.05) is 18.0 Å². The fraction of sp³-hybridized carbons (Fsp3) is 0.333. The van der Waals surface area contributed by atoms with Crippen LogP contribution in [-0.2, 0) is 9.59 Å². The molecule has 0 aliphatic carbocycles. The topological polar surface area (TPSA) is 40.6 Å². The molecule has 0 radical (unpaired) electrons. The Hall–Kier alpha value is -2.30. The van der Waals surface area contributed by atoms with Gasteiger partial charge in [-0.25, -0.2) is 4.90 Å². The van der Waals surface area contributed by atoms with Crippen molar-refractivity contribution >= 4 is 46.3 Å². The molecular weight excluding hydrogens is 419 g/mol. The normalized spacial score (nSPS) is 19.8. The van der Waals surface area contributed by atoms with E-state index in [-0.39, 0.29) is 16.8 Å². The van der Waals surface area contributed by atoms with Crippen LogP contribution in [0.4, 0.5) is 5.69 Å². The number of carbonyl (C=O) groups is 2. The SMILES string of the molecule is Cc1ccc(C2=C(N3CCCC(C)C3)C(=O)N(c3cccc(Cl)c3Cl)C2=O)c(C)c1. The van der Waals surface area contributed by atoms with Crippen molar-refractivity contribution < 1.29 is 9.59 Å². The van der Waals surface area contributed by atoms with Gasteiger partial charge in [-0.3, -0.25) is 9.59 Å². The van der Waals surface area contributed by atoms with Gasteiger partial charge in [-0.15, -0.1) is 0 Å².